The largest absolute Gasteiger partial charge is 0.379 e. The summed E-state index contributed by atoms with van der Waals surface area (Å²) in [6.45, 7) is 3.17. The van der Waals surface area contributed by atoms with E-state index in [2.05, 4.69) is 6.92 Å². The topological polar surface area (TPSA) is 18.5 Å². The van der Waals surface area contributed by atoms with E-state index in [1.807, 2.05) is 7.11 Å². The molecule has 2 heteroatoms. The molecule has 0 aromatic rings. The van der Waals surface area contributed by atoms with E-state index in [1.165, 1.54) is 89.9 Å². The predicted octanol–water partition coefficient (Wildman–Crippen LogP) is 6.37. The summed E-state index contributed by atoms with van der Waals surface area (Å²) in [5, 5.41) is 0. The highest BCUT2D eigenvalue weighted by Crippen LogP contribution is 2.39. The molecule has 0 aromatic carbocycles. The van der Waals surface area contributed by atoms with Crippen molar-refractivity contribution in [1.82, 2.24) is 0 Å². The molecule has 2 saturated carbocycles. The quantitative estimate of drug-likeness (QED) is 0.531. The molecule has 3 rings (SSSR count). The molecule has 0 spiro atoms. The molecule has 1 heterocycles. The minimum absolute atomic E-state index is 0.347. The van der Waals surface area contributed by atoms with Crippen molar-refractivity contribution in [2.45, 2.75) is 109 Å². The van der Waals surface area contributed by atoms with Gasteiger partial charge in [-0.1, -0.05) is 71.1 Å². The van der Waals surface area contributed by atoms with Crippen molar-refractivity contribution >= 4 is 0 Å². The smallest absolute Gasteiger partial charge is 0.0805 e. The highest BCUT2D eigenvalue weighted by atomic mass is 16.5. The minimum atomic E-state index is 0.347. The first kappa shape index (κ1) is 19.7. The highest BCUT2D eigenvalue weighted by molar-refractivity contribution is 4.82. The van der Waals surface area contributed by atoms with Crippen molar-refractivity contribution < 1.29 is 9.47 Å². The normalized spacial score (nSPS) is 40.1. The summed E-state index contributed by atoms with van der Waals surface area (Å²) in [5.74, 6) is 3.96. The Morgan fingerprint density at radius 1 is 0.720 bits per heavy atom. The molecule has 0 radical (unpaired) electrons. The van der Waals surface area contributed by atoms with E-state index in [9.17, 15) is 0 Å². The average molecular weight is 351 g/mol. The van der Waals surface area contributed by atoms with Gasteiger partial charge < -0.3 is 9.47 Å². The maximum Gasteiger partial charge on any atom is 0.0805 e. The highest BCUT2D eigenvalue weighted by Gasteiger charge is 2.32. The third-order valence-corrected chi connectivity index (χ3v) is 7.67. The molecule has 0 bridgehead atoms. The maximum atomic E-state index is 6.12. The molecule has 3 aliphatic rings. The van der Waals surface area contributed by atoms with Crippen LogP contribution in [0.25, 0.3) is 0 Å². The molecule has 2 unspecified atom stereocenters. The van der Waals surface area contributed by atoms with Crippen LogP contribution in [0.15, 0.2) is 0 Å². The first-order valence-corrected chi connectivity index (χ1v) is 11.4. The summed E-state index contributed by atoms with van der Waals surface area (Å²) in [6, 6.07) is 0. The number of hydrogen-bond donors (Lipinski definition) is 0. The molecule has 0 N–H and O–H groups in total. The van der Waals surface area contributed by atoms with Gasteiger partial charge in [-0.25, -0.2) is 0 Å². The number of rotatable bonds is 7. The Morgan fingerprint density at radius 3 is 1.76 bits per heavy atom. The van der Waals surface area contributed by atoms with Gasteiger partial charge in [-0.05, 0) is 49.4 Å². The fraction of sp³-hybridized carbons (Fsp3) is 1.00. The monoisotopic (exact) mass is 350 g/mol. The third-order valence-electron chi connectivity index (χ3n) is 7.67. The van der Waals surface area contributed by atoms with Crippen LogP contribution >= 0.6 is 0 Å². The zero-order chi connectivity index (χ0) is 17.5. The van der Waals surface area contributed by atoms with Crippen molar-refractivity contribution in [2.24, 2.45) is 23.7 Å². The summed E-state index contributed by atoms with van der Waals surface area (Å²) in [4.78, 5) is 0. The van der Waals surface area contributed by atoms with E-state index in [0.29, 0.717) is 12.2 Å². The van der Waals surface area contributed by atoms with Crippen LogP contribution in [-0.4, -0.2) is 25.9 Å². The maximum absolute atomic E-state index is 6.12. The molecule has 3 fully saturated rings. The van der Waals surface area contributed by atoms with Crippen LogP contribution in [0, 0.1) is 23.7 Å². The zero-order valence-corrected chi connectivity index (χ0v) is 16.9. The fourth-order valence-electron chi connectivity index (χ4n) is 5.84. The lowest BCUT2D eigenvalue weighted by atomic mass is 9.73. The Morgan fingerprint density at radius 2 is 1.28 bits per heavy atom. The molecule has 146 valence electrons. The van der Waals surface area contributed by atoms with Crippen LogP contribution < -0.4 is 0 Å². The first-order chi connectivity index (χ1) is 12.3. The van der Waals surface area contributed by atoms with Crippen molar-refractivity contribution in [3.63, 3.8) is 0 Å². The van der Waals surface area contributed by atoms with Gasteiger partial charge in [-0.3, -0.25) is 0 Å². The van der Waals surface area contributed by atoms with E-state index in [0.717, 1.165) is 30.3 Å². The second-order valence-electron chi connectivity index (χ2n) is 9.34. The molecule has 0 aromatic heterocycles. The Kier molecular flexibility index (Phi) is 8.11. The van der Waals surface area contributed by atoms with Crippen molar-refractivity contribution in [1.29, 1.82) is 0 Å². The molecular weight excluding hydrogens is 308 g/mol. The van der Waals surface area contributed by atoms with Crippen LogP contribution in [0.2, 0.25) is 0 Å². The van der Waals surface area contributed by atoms with E-state index < -0.39 is 0 Å². The molecule has 1 aliphatic heterocycles. The van der Waals surface area contributed by atoms with Gasteiger partial charge in [0.25, 0.3) is 0 Å². The van der Waals surface area contributed by atoms with Gasteiger partial charge in [0, 0.05) is 7.11 Å². The molecule has 0 amide bonds. The lowest BCUT2D eigenvalue weighted by Crippen LogP contribution is -2.36. The molecule has 1 saturated heterocycles. The lowest BCUT2D eigenvalue weighted by Gasteiger charge is -2.38. The van der Waals surface area contributed by atoms with Crippen molar-refractivity contribution in [2.75, 3.05) is 13.7 Å². The van der Waals surface area contributed by atoms with E-state index >= 15 is 0 Å². The fourth-order valence-corrected chi connectivity index (χ4v) is 5.84. The van der Waals surface area contributed by atoms with Crippen LogP contribution in [0.4, 0.5) is 0 Å². The number of hydrogen-bond acceptors (Lipinski definition) is 2. The second-order valence-corrected chi connectivity index (χ2v) is 9.34. The average Bonchev–Trinajstić information content (AvgIpc) is 2.68. The zero-order valence-electron chi connectivity index (χ0n) is 16.9. The summed E-state index contributed by atoms with van der Waals surface area (Å²) in [5.41, 5.74) is 0. The van der Waals surface area contributed by atoms with Crippen LogP contribution in [0.1, 0.15) is 96.8 Å². The van der Waals surface area contributed by atoms with Crippen LogP contribution in [0.5, 0.6) is 0 Å². The summed E-state index contributed by atoms with van der Waals surface area (Å²) < 4.78 is 11.5. The summed E-state index contributed by atoms with van der Waals surface area (Å²) in [6.07, 6.45) is 21.0. The van der Waals surface area contributed by atoms with E-state index in [1.54, 1.807) is 0 Å². The van der Waals surface area contributed by atoms with Crippen LogP contribution in [-0.2, 0) is 9.47 Å². The Labute approximate surface area is 156 Å². The van der Waals surface area contributed by atoms with Gasteiger partial charge in [-0.15, -0.1) is 0 Å². The van der Waals surface area contributed by atoms with E-state index in [4.69, 9.17) is 9.47 Å². The van der Waals surface area contributed by atoms with E-state index in [-0.39, 0.29) is 0 Å². The Bertz CT molecular complexity index is 345. The van der Waals surface area contributed by atoms with Crippen molar-refractivity contribution in [3.8, 4) is 0 Å². The van der Waals surface area contributed by atoms with Gasteiger partial charge >= 0.3 is 0 Å². The van der Waals surface area contributed by atoms with Gasteiger partial charge in [0.2, 0.25) is 0 Å². The molecule has 2 aliphatic carbocycles. The summed E-state index contributed by atoms with van der Waals surface area (Å²) in [7, 11) is 1.82. The Balaban J connectivity index is 1.28. The standard InChI is InChI=1S/C23H42O2/c1-3-4-18-5-7-19(8-6-18)9-10-20-11-13-21(14-12-20)23-16-15-22(24-2)17-25-23/h18-23H,3-17H2,1-2H3. The SMILES string of the molecule is CCCC1CCC(CCC2CCC(C3CCC(OC)CO3)CC2)CC1. The van der Waals surface area contributed by atoms with Crippen molar-refractivity contribution in [3.05, 3.63) is 0 Å². The number of ether oxygens (including phenoxy) is 2. The number of methoxy groups -OCH3 is 1. The van der Waals surface area contributed by atoms with Gasteiger partial charge in [0.1, 0.15) is 0 Å². The molecule has 25 heavy (non-hydrogen) atoms. The predicted molar refractivity (Wildman–Crippen MR) is 105 cm³/mol. The molecule has 2 nitrogen and oxygen atoms in total. The van der Waals surface area contributed by atoms with Gasteiger partial charge in [0.15, 0.2) is 0 Å². The first-order valence-electron chi connectivity index (χ1n) is 11.4. The lowest BCUT2D eigenvalue weighted by molar-refractivity contribution is -0.0973. The summed E-state index contributed by atoms with van der Waals surface area (Å²) >= 11 is 0. The molecule has 2 atom stereocenters. The van der Waals surface area contributed by atoms with Crippen LogP contribution in [0.3, 0.4) is 0 Å². The second kappa shape index (κ2) is 10.3. The molecular formula is C23H42O2. The third kappa shape index (κ3) is 5.96. The van der Waals surface area contributed by atoms with Gasteiger partial charge in [0.05, 0.1) is 18.8 Å². The minimum Gasteiger partial charge on any atom is -0.379 e. The van der Waals surface area contributed by atoms with Gasteiger partial charge in [-0.2, -0.15) is 0 Å². The Hall–Kier alpha value is -0.0800.